The molecule has 1 atom stereocenters. The Hall–Kier alpha value is -2.24. The van der Waals surface area contributed by atoms with Crippen molar-refractivity contribution in [3.63, 3.8) is 0 Å². The molecule has 1 amide bonds. The summed E-state index contributed by atoms with van der Waals surface area (Å²) < 4.78 is 0. The Bertz CT molecular complexity index is 485. The van der Waals surface area contributed by atoms with Crippen LogP contribution in [0.25, 0.3) is 0 Å². The van der Waals surface area contributed by atoms with Crippen LogP contribution in [-0.4, -0.2) is 22.7 Å². The molecule has 0 spiro atoms. The molecule has 96 valence electrons. The monoisotopic (exact) mass is 250 g/mol. The van der Waals surface area contributed by atoms with Crippen LogP contribution in [0.4, 0.5) is 5.69 Å². The number of benzene rings is 1. The predicted molar refractivity (Wildman–Crippen MR) is 65.3 cm³/mol. The van der Waals surface area contributed by atoms with Gasteiger partial charge < -0.3 is 5.32 Å². The molecular weight excluding hydrogens is 236 g/mol. The number of Topliss-reactive ketones (excluding diaryl/α,β-unsaturated/α-hetero) is 1. The van der Waals surface area contributed by atoms with Crippen LogP contribution in [-0.2, 0) is 4.79 Å². The summed E-state index contributed by atoms with van der Waals surface area (Å²) in [5.74, 6) is -0.737. The highest BCUT2D eigenvalue weighted by molar-refractivity contribution is 6.00. The Morgan fingerprint density at radius 3 is 2.56 bits per heavy atom. The number of rotatable bonds is 5. The lowest BCUT2D eigenvalue weighted by Crippen LogP contribution is -2.38. The maximum Gasteiger partial charge on any atom is 0.282 e. The minimum atomic E-state index is -0.651. The highest BCUT2D eigenvalue weighted by Gasteiger charge is 2.21. The zero-order valence-electron chi connectivity index (χ0n) is 10.2. The highest BCUT2D eigenvalue weighted by Crippen LogP contribution is 2.17. The zero-order chi connectivity index (χ0) is 13.7. The van der Waals surface area contributed by atoms with Gasteiger partial charge in [0.2, 0.25) is 0 Å². The van der Waals surface area contributed by atoms with Gasteiger partial charge in [0.25, 0.3) is 11.6 Å². The number of amides is 1. The van der Waals surface area contributed by atoms with E-state index in [1.54, 1.807) is 13.8 Å². The van der Waals surface area contributed by atoms with Crippen LogP contribution < -0.4 is 5.32 Å². The first-order valence-electron chi connectivity index (χ1n) is 5.54. The van der Waals surface area contributed by atoms with E-state index in [9.17, 15) is 19.7 Å². The minimum Gasteiger partial charge on any atom is -0.342 e. The standard InChI is InChI=1S/C12H14N2O4/c1-3-11(15)8(2)13-12(16)9-6-4-5-7-10(9)14(17)18/h4-8H,3H2,1-2H3,(H,13,16). The van der Waals surface area contributed by atoms with Crippen LogP contribution in [0.5, 0.6) is 0 Å². The number of nitro benzene ring substituents is 1. The van der Waals surface area contributed by atoms with E-state index in [1.807, 2.05) is 0 Å². The summed E-state index contributed by atoms with van der Waals surface area (Å²) in [6.07, 6.45) is 0.304. The molecule has 0 saturated heterocycles. The van der Waals surface area contributed by atoms with Crippen molar-refractivity contribution in [1.29, 1.82) is 0 Å². The molecule has 0 radical (unpaired) electrons. The Morgan fingerprint density at radius 2 is 2.00 bits per heavy atom. The van der Waals surface area contributed by atoms with Crippen LogP contribution in [0.3, 0.4) is 0 Å². The van der Waals surface area contributed by atoms with Crippen LogP contribution in [0.2, 0.25) is 0 Å². The van der Waals surface area contributed by atoms with Crippen LogP contribution in [0.15, 0.2) is 24.3 Å². The van der Waals surface area contributed by atoms with Gasteiger partial charge in [-0.1, -0.05) is 19.1 Å². The van der Waals surface area contributed by atoms with Gasteiger partial charge in [-0.25, -0.2) is 0 Å². The molecule has 18 heavy (non-hydrogen) atoms. The van der Waals surface area contributed by atoms with Gasteiger partial charge >= 0.3 is 0 Å². The van der Waals surface area contributed by atoms with Gasteiger partial charge in [-0.05, 0) is 13.0 Å². The van der Waals surface area contributed by atoms with E-state index in [2.05, 4.69) is 5.32 Å². The van der Waals surface area contributed by atoms with Gasteiger partial charge in [0.1, 0.15) is 5.56 Å². The van der Waals surface area contributed by atoms with Gasteiger partial charge in [0, 0.05) is 12.5 Å². The fourth-order valence-corrected chi connectivity index (χ4v) is 1.49. The van der Waals surface area contributed by atoms with Crippen molar-refractivity contribution in [2.24, 2.45) is 0 Å². The summed E-state index contributed by atoms with van der Waals surface area (Å²) in [5.41, 5.74) is -0.315. The maximum atomic E-state index is 11.8. The Balaban J connectivity index is 2.91. The SMILES string of the molecule is CCC(=O)C(C)NC(=O)c1ccccc1[N+](=O)[O-]. The predicted octanol–water partition coefficient (Wildman–Crippen LogP) is 1.69. The first-order valence-corrected chi connectivity index (χ1v) is 5.54. The minimum absolute atomic E-state index is 0.0433. The number of carbonyl (C=O) groups is 2. The summed E-state index contributed by atoms with van der Waals surface area (Å²) in [7, 11) is 0. The van der Waals surface area contributed by atoms with E-state index >= 15 is 0 Å². The molecule has 0 bridgehead atoms. The van der Waals surface area contributed by atoms with Crippen molar-refractivity contribution in [1.82, 2.24) is 5.32 Å². The first kappa shape index (κ1) is 13.8. The molecular formula is C12H14N2O4. The quantitative estimate of drug-likeness (QED) is 0.636. The molecule has 6 heteroatoms. The maximum absolute atomic E-state index is 11.8. The Labute approximate surface area is 104 Å². The molecule has 1 N–H and O–H groups in total. The summed E-state index contributed by atoms with van der Waals surface area (Å²) in [6.45, 7) is 3.24. The highest BCUT2D eigenvalue weighted by atomic mass is 16.6. The second-order valence-electron chi connectivity index (χ2n) is 3.79. The van der Waals surface area contributed by atoms with Crippen LogP contribution >= 0.6 is 0 Å². The number of nitro groups is 1. The van der Waals surface area contributed by atoms with E-state index in [0.717, 1.165) is 0 Å². The van der Waals surface area contributed by atoms with Gasteiger partial charge in [-0.15, -0.1) is 0 Å². The van der Waals surface area contributed by atoms with E-state index in [-0.39, 0.29) is 17.0 Å². The summed E-state index contributed by atoms with van der Waals surface area (Å²) in [5, 5.41) is 13.2. The smallest absolute Gasteiger partial charge is 0.282 e. The second-order valence-corrected chi connectivity index (χ2v) is 3.79. The van der Waals surface area contributed by atoms with Crippen molar-refractivity contribution in [2.45, 2.75) is 26.3 Å². The largest absolute Gasteiger partial charge is 0.342 e. The molecule has 1 unspecified atom stereocenters. The van der Waals surface area contributed by atoms with Crippen molar-refractivity contribution >= 4 is 17.4 Å². The molecule has 0 aliphatic rings. The fraction of sp³-hybridized carbons (Fsp3) is 0.333. The third-order valence-electron chi connectivity index (χ3n) is 2.52. The molecule has 1 aromatic carbocycles. The van der Waals surface area contributed by atoms with Gasteiger partial charge in [-0.2, -0.15) is 0 Å². The number of para-hydroxylation sites is 1. The number of nitrogens with one attached hydrogen (secondary N) is 1. The number of nitrogens with zero attached hydrogens (tertiary/aromatic N) is 1. The molecule has 0 aliphatic heterocycles. The third-order valence-corrected chi connectivity index (χ3v) is 2.52. The van der Waals surface area contributed by atoms with Gasteiger partial charge in [0.15, 0.2) is 5.78 Å². The second kappa shape index (κ2) is 5.90. The Morgan fingerprint density at radius 1 is 1.39 bits per heavy atom. The van der Waals surface area contributed by atoms with Gasteiger partial charge in [-0.3, -0.25) is 19.7 Å². The van der Waals surface area contributed by atoms with Crippen LogP contribution in [0.1, 0.15) is 30.6 Å². The zero-order valence-corrected chi connectivity index (χ0v) is 10.2. The average molecular weight is 250 g/mol. The van der Waals surface area contributed by atoms with E-state index in [0.29, 0.717) is 6.42 Å². The molecule has 1 rings (SSSR count). The van der Waals surface area contributed by atoms with Gasteiger partial charge in [0.05, 0.1) is 11.0 Å². The summed E-state index contributed by atoms with van der Waals surface area (Å²) in [6, 6.07) is 4.98. The molecule has 0 saturated carbocycles. The lowest BCUT2D eigenvalue weighted by Gasteiger charge is -2.11. The van der Waals surface area contributed by atoms with Crippen molar-refractivity contribution in [2.75, 3.05) is 0 Å². The average Bonchev–Trinajstić information content (AvgIpc) is 2.37. The molecule has 0 aliphatic carbocycles. The molecule has 0 fully saturated rings. The third kappa shape index (κ3) is 3.13. The molecule has 0 heterocycles. The van der Waals surface area contributed by atoms with Crippen molar-refractivity contribution < 1.29 is 14.5 Å². The topological polar surface area (TPSA) is 89.3 Å². The fourth-order valence-electron chi connectivity index (χ4n) is 1.49. The van der Waals surface area contributed by atoms with E-state index in [1.165, 1.54) is 24.3 Å². The summed E-state index contributed by atoms with van der Waals surface area (Å²) in [4.78, 5) is 33.3. The van der Waals surface area contributed by atoms with Crippen molar-refractivity contribution in [3.8, 4) is 0 Å². The van der Waals surface area contributed by atoms with Crippen molar-refractivity contribution in [3.05, 3.63) is 39.9 Å². The lowest BCUT2D eigenvalue weighted by molar-refractivity contribution is -0.385. The van der Waals surface area contributed by atoms with E-state index < -0.39 is 16.9 Å². The molecule has 0 aromatic heterocycles. The Kier molecular flexibility index (Phi) is 4.53. The lowest BCUT2D eigenvalue weighted by atomic mass is 10.1. The molecule has 6 nitrogen and oxygen atoms in total. The van der Waals surface area contributed by atoms with Crippen LogP contribution in [0, 0.1) is 10.1 Å². The first-order chi connectivity index (χ1) is 8.47. The normalized spacial score (nSPS) is 11.7. The number of hydrogen-bond acceptors (Lipinski definition) is 4. The molecule has 1 aromatic rings. The number of carbonyl (C=O) groups excluding carboxylic acids is 2. The van der Waals surface area contributed by atoms with E-state index in [4.69, 9.17) is 0 Å². The summed E-state index contributed by atoms with van der Waals surface area (Å²) >= 11 is 0. The number of ketones is 1. The number of hydrogen-bond donors (Lipinski definition) is 1.